The summed E-state index contributed by atoms with van der Waals surface area (Å²) in [4.78, 5) is 14.9. The Balaban J connectivity index is 1.24. The maximum Gasteiger partial charge on any atom is 0.165 e. The largest absolute Gasteiger partial charge is 0.456 e. The van der Waals surface area contributed by atoms with Gasteiger partial charge in [-0.25, -0.2) is 15.0 Å². The lowest BCUT2D eigenvalue weighted by molar-refractivity contribution is 0.669. The first-order chi connectivity index (χ1) is 21.8. The molecular formula is C39H23N3OS. The molecule has 0 atom stereocenters. The number of benzene rings is 6. The molecule has 3 heterocycles. The second-order valence-electron chi connectivity index (χ2n) is 10.8. The van der Waals surface area contributed by atoms with Crippen LogP contribution in [0.15, 0.2) is 144 Å². The van der Waals surface area contributed by atoms with Gasteiger partial charge in [-0.3, -0.25) is 0 Å². The van der Waals surface area contributed by atoms with Gasteiger partial charge in [-0.05, 0) is 35.4 Å². The van der Waals surface area contributed by atoms with Crippen molar-refractivity contribution in [3.8, 4) is 45.3 Å². The lowest BCUT2D eigenvalue weighted by atomic mass is 9.98. The second-order valence-corrected chi connectivity index (χ2v) is 11.9. The number of thiophene rings is 1. The smallest absolute Gasteiger partial charge is 0.165 e. The molecule has 6 aromatic carbocycles. The Morgan fingerprint density at radius 2 is 1.05 bits per heavy atom. The Morgan fingerprint density at radius 3 is 1.82 bits per heavy atom. The molecule has 3 aromatic heterocycles. The first-order valence-electron chi connectivity index (χ1n) is 14.5. The molecule has 0 saturated carbocycles. The molecule has 0 aliphatic rings. The van der Waals surface area contributed by atoms with Gasteiger partial charge in [0.05, 0.1) is 0 Å². The third-order valence-corrected chi connectivity index (χ3v) is 9.35. The predicted molar refractivity (Wildman–Crippen MR) is 182 cm³/mol. The van der Waals surface area contributed by atoms with Crippen molar-refractivity contribution in [2.24, 2.45) is 0 Å². The first kappa shape index (κ1) is 24.9. The molecule has 0 saturated heterocycles. The lowest BCUT2D eigenvalue weighted by Crippen LogP contribution is -2.00. The van der Waals surface area contributed by atoms with Gasteiger partial charge in [0.15, 0.2) is 17.5 Å². The summed E-state index contributed by atoms with van der Waals surface area (Å²) in [5, 5.41) is 4.70. The van der Waals surface area contributed by atoms with Crippen LogP contribution in [0.25, 0.3) is 87.4 Å². The van der Waals surface area contributed by atoms with Crippen LogP contribution in [0.5, 0.6) is 0 Å². The molecule has 44 heavy (non-hydrogen) atoms. The van der Waals surface area contributed by atoms with Crippen molar-refractivity contribution in [2.75, 3.05) is 0 Å². The van der Waals surface area contributed by atoms with E-state index in [-0.39, 0.29) is 0 Å². The molecule has 4 nitrogen and oxygen atoms in total. The van der Waals surface area contributed by atoms with Crippen molar-refractivity contribution >= 4 is 53.4 Å². The molecule has 9 aromatic rings. The van der Waals surface area contributed by atoms with E-state index in [1.165, 1.54) is 26.6 Å². The fourth-order valence-corrected chi connectivity index (χ4v) is 7.34. The summed E-state index contributed by atoms with van der Waals surface area (Å²) in [5.41, 5.74) is 7.07. The number of rotatable bonds is 4. The van der Waals surface area contributed by atoms with Gasteiger partial charge in [-0.15, -0.1) is 11.3 Å². The van der Waals surface area contributed by atoms with E-state index in [1.54, 1.807) is 11.3 Å². The number of fused-ring (bicyclic) bond motifs is 6. The van der Waals surface area contributed by atoms with Crippen molar-refractivity contribution in [1.82, 2.24) is 15.0 Å². The highest BCUT2D eigenvalue weighted by molar-refractivity contribution is 7.26. The molecule has 206 valence electrons. The van der Waals surface area contributed by atoms with Crippen LogP contribution in [0.4, 0.5) is 0 Å². The highest BCUT2D eigenvalue weighted by atomic mass is 32.1. The van der Waals surface area contributed by atoms with Gasteiger partial charge >= 0.3 is 0 Å². The van der Waals surface area contributed by atoms with Crippen LogP contribution in [0, 0.1) is 0 Å². The highest BCUT2D eigenvalue weighted by Crippen LogP contribution is 2.43. The van der Waals surface area contributed by atoms with Gasteiger partial charge in [-0.1, -0.05) is 115 Å². The summed E-state index contributed by atoms with van der Waals surface area (Å²) in [5.74, 6) is 2.00. The van der Waals surface area contributed by atoms with E-state index in [0.717, 1.165) is 43.3 Å². The summed E-state index contributed by atoms with van der Waals surface area (Å²) >= 11 is 1.78. The molecule has 0 amide bonds. The van der Waals surface area contributed by atoms with Crippen LogP contribution < -0.4 is 0 Å². The van der Waals surface area contributed by atoms with E-state index >= 15 is 0 Å². The fourth-order valence-electron chi connectivity index (χ4n) is 6.09. The van der Waals surface area contributed by atoms with Crippen LogP contribution in [-0.2, 0) is 0 Å². The average molecular weight is 582 g/mol. The zero-order chi connectivity index (χ0) is 29.0. The van der Waals surface area contributed by atoms with Gasteiger partial charge in [0, 0.05) is 47.6 Å². The van der Waals surface area contributed by atoms with Gasteiger partial charge < -0.3 is 4.42 Å². The van der Waals surface area contributed by atoms with Crippen LogP contribution >= 0.6 is 11.3 Å². The van der Waals surface area contributed by atoms with E-state index in [0.29, 0.717) is 17.5 Å². The van der Waals surface area contributed by atoms with Gasteiger partial charge in [0.2, 0.25) is 0 Å². The topological polar surface area (TPSA) is 51.8 Å². The Bertz CT molecular complexity index is 2440. The van der Waals surface area contributed by atoms with Gasteiger partial charge in [0.25, 0.3) is 0 Å². The van der Waals surface area contributed by atoms with Crippen LogP contribution in [0.3, 0.4) is 0 Å². The normalized spacial score (nSPS) is 11.6. The maximum absolute atomic E-state index is 6.18. The van der Waals surface area contributed by atoms with Gasteiger partial charge in [-0.2, -0.15) is 0 Å². The number of nitrogens with zero attached hydrogens (tertiary/aromatic N) is 3. The molecular weight excluding hydrogens is 559 g/mol. The molecule has 0 fully saturated rings. The zero-order valence-corrected chi connectivity index (χ0v) is 24.3. The molecule has 0 aliphatic carbocycles. The highest BCUT2D eigenvalue weighted by Gasteiger charge is 2.18. The van der Waals surface area contributed by atoms with Crippen LogP contribution in [0.2, 0.25) is 0 Å². The SMILES string of the molecule is c1ccc(-c2nc(-c3ccccc3)nc(-c3cccc4c3sc3cc(-c5cccc6oc7ccccc7c56)ccc34)n2)cc1. The third-order valence-electron chi connectivity index (χ3n) is 8.15. The van der Waals surface area contributed by atoms with E-state index in [9.17, 15) is 0 Å². The summed E-state index contributed by atoms with van der Waals surface area (Å²) in [6.07, 6.45) is 0. The first-order valence-corrected chi connectivity index (χ1v) is 15.3. The Hall–Kier alpha value is -5.65. The van der Waals surface area contributed by atoms with Crippen molar-refractivity contribution in [3.63, 3.8) is 0 Å². The van der Waals surface area contributed by atoms with Gasteiger partial charge in [0.1, 0.15) is 11.2 Å². The minimum atomic E-state index is 0.662. The van der Waals surface area contributed by atoms with Crippen LogP contribution in [0.1, 0.15) is 0 Å². The summed E-state index contributed by atoms with van der Waals surface area (Å²) < 4.78 is 8.56. The molecule has 0 aliphatic heterocycles. The molecule has 5 heteroatoms. The number of hydrogen-bond donors (Lipinski definition) is 0. The average Bonchev–Trinajstić information content (AvgIpc) is 3.67. The molecule has 0 radical (unpaired) electrons. The van der Waals surface area contributed by atoms with E-state index < -0.39 is 0 Å². The maximum atomic E-state index is 6.18. The summed E-state index contributed by atoms with van der Waals surface area (Å²) in [6.45, 7) is 0. The molecule has 9 rings (SSSR count). The molecule has 0 unspecified atom stereocenters. The quantitative estimate of drug-likeness (QED) is 0.207. The number of para-hydroxylation sites is 1. The van der Waals surface area contributed by atoms with E-state index in [4.69, 9.17) is 19.4 Å². The monoisotopic (exact) mass is 581 g/mol. The van der Waals surface area contributed by atoms with E-state index in [2.05, 4.69) is 60.7 Å². The van der Waals surface area contributed by atoms with Crippen molar-refractivity contribution in [2.45, 2.75) is 0 Å². The third kappa shape index (κ3) is 4.02. The standard InChI is InChI=1S/C39H23N3OS/c1-3-11-24(12-4-1)37-40-38(25-13-5-2-6-14-25)42-39(41-37)31-18-9-17-29-28-22-21-26(23-34(28)44-36(29)31)27-16-10-20-33-35(27)30-15-7-8-19-32(30)43-33/h1-23H. The Kier molecular flexibility index (Phi) is 5.64. The number of hydrogen-bond acceptors (Lipinski definition) is 5. The van der Waals surface area contributed by atoms with E-state index in [1.807, 2.05) is 78.9 Å². The minimum absolute atomic E-state index is 0.662. The minimum Gasteiger partial charge on any atom is -0.456 e. The van der Waals surface area contributed by atoms with Crippen LogP contribution in [-0.4, -0.2) is 15.0 Å². The lowest BCUT2D eigenvalue weighted by Gasteiger charge is -2.09. The Labute approximate surface area is 256 Å². The number of aromatic nitrogens is 3. The Morgan fingerprint density at radius 1 is 0.432 bits per heavy atom. The van der Waals surface area contributed by atoms with Crippen molar-refractivity contribution in [3.05, 3.63) is 140 Å². The summed E-state index contributed by atoms with van der Waals surface area (Å²) in [7, 11) is 0. The van der Waals surface area contributed by atoms with Crippen molar-refractivity contribution in [1.29, 1.82) is 0 Å². The zero-order valence-electron chi connectivity index (χ0n) is 23.4. The molecule has 0 spiro atoms. The predicted octanol–water partition coefficient (Wildman–Crippen LogP) is 10.8. The molecule has 0 bridgehead atoms. The molecule has 0 N–H and O–H groups in total. The van der Waals surface area contributed by atoms with Crippen molar-refractivity contribution < 1.29 is 4.42 Å². The number of furan rings is 1. The fraction of sp³-hybridized carbons (Fsp3) is 0. The second kappa shape index (κ2) is 9.97. The summed E-state index contributed by atoms with van der Waals surface area (Å²) in [6, 6.07) is 48.0.